The monoisotopic (exact) mass is 471 g/mol. The first kappa shape index (κ1) is 21.9. The van der Waals surface area contributed by atoms with Gasteiger partial charge in [-0.3, -0.25) is 4.79 Å². The third-order valence-electron chi connectivity index (χ3n) is 6.01. The molecule has 0 fully saturated rings. The molecule has 0 N–H and O–H groups in total. The van der Waals surface area contributed by atoms with Crippen LogP contribution >= 0.6 is 11.6 Å². The molecule has 0 aliphatic heterocycles. The van der Waals surface area contributed by atoms with Gasteiger partial charge in [-0.1, -0.05) is 23.7 Å². The number of pyridine rings is 1. The third kappa shape index (κ3) is 3.84. The maximum atomic E-state index is 13.1. The molecule has 0 radical (unpaired) electrons. The molecule has 0 bridgehead atoms. The van der Waals surface area contributed by atoms with Crippen molar-refractivity contribution in [1.29, 1.82) is 0 Å². The van der Waals surface area contributed by atoms with Crippen molar-refractivity contribution < 1.29 is 9.53 Å². The molecule has 3 aromatic heterocycles. The normalized spacial score (nSPS) is 11.2. The van der Waals surface area contributed by atoms with Gasteiger partial charge in [0, 0.05) is 48.1 Å². The first-order valence-corrected chi connectivity index (χ1v) is 11.1. The van der Waals surface area contributed by atoms with Gasteiger partial charge in [-0.05, 0) is 42.8 Å². The number of carbonyl (C=O) groups excluding carboxylic acids is 1. The standard InChI is InChI=1S/C26H22ClN5O2/c1-16-29-14-23(31(16)2)25(33)18-6-9-22-20(13-18)24(27)21(26(30-22)34-3)12-17-4-7-19(8-5-17)32-11-10-28-15-32/h4-11,13-15H,12H2,1-3H3. The van der Waals surface area contributed by atoms with Gasteiger partial charge in [0.2, 0.25) is 11.7 Å². The molecule has 5 rings (SSSR count). The van der Waals surface area contributed by atoms with Gasteiger partial charge in [0.25, 0.3) is 0 Å². The van der Waals surface area contributed by atoms with Crippen LogP contribution < -0.4 is 4.74 Å². The number of hydrogen-bond acceptors (Lipinski definition) is 5. The topological polar surface area (TPSA) is 74.8 Å². The first-order valence-electron chi connectivity index (χ1n) is 10.7. The SMILES string of the molecule is COc1nc2ccc(C(=O)c3cnc(C)n3C)cc2c(Cl)c1Cc1ccc(-n2ccnc2)cc1. The second-order valence-electron chi connectivity index (χ2n) is 8.04. The number of benzene rings is 2. The van der Waals surface area contributed by atoms with Crippen LogP contribution in [0.15, 0.2) is 67.4 Å². The molecule has 3 heterocycles. The fourth-order valence-electron chi connectivity index (χ4n) is 3.97. The van der Waals surface area contributed by atoms with Crippen molar-refractivity contribution in [2.45, 2.75) is 13.3 Å². The second kappa shape index (κ2) is 8.76. The van der Waals surface area contributed by atoms with Crippen molar-refractivity contribution in [3.63, 3.8) is 0 Å². The number of methoxy groups -OCH3 is 1. The van der Waals surface area contributed by atoms with Gasteiger partial charge in [0.05, 0.1) is 30.2 Å². The molecule has 0 saturated carbocycles. The lowest BCUT2D eigenvalue weighted by Gasteiger charge is -2.14. The van der Waals surface area contributed by atoms with Crippen LogP contribution in [0, 0.1) is 6.92 Å². The summed E-state index contributed by atoms with van der Waals surface area (Å²) >= 11 is 6.88. The number of ketones is 1. The Morgan fingerprint density at radius 1 is 1.15 bits per heavy atom. The van der Waals surface area contributed by atoms with Crippen LogP contribution in [0.2, 0.25) is 5.02 Å². The number of aryl methyl sites for hydroxylation is 1. The van der Waals surface area contributed by atoms with E-state index in [1.807, 2.05) is 49.0 Å². The summed E-state index contributed by atoms with van der Waals surface area (Å²) in [7, 11) is 3.41. The Labute approximate surface area is 201 Å². The molecule has 0 aliphatic carbocycles. The van der Waals surface area contributed by atoms with Gasteiger partial charge in [-0.15, -0.1) is 0 Å². The molecule has 5 aromatic rings. The van der Waals surface area contributed by atoms with Gasteiger partial charge < -0.3 is 13.9 Å². The van der Waals surface area contributed by atoms with Crippen molar-refractivity contribution in [2.75, 3.05) is 7.11 Å². The smallest absolute Gasteiger partial charge is 0.218 e. The Kier molecular flexibility index (Phi) is 5.63. The Hall–Kier alpha value is -3.97. The van der Waals surface area contributed by atoms with Gasteiger partial charge in [0.15, 0.2) is 0 Å². The lowest BCUT2D eigenvalue weighted by molar-refractivity contribution is 0.103. The van der Waals surface area contributed by atoms with Crippen LogP contribution in [0.1, 0.15) is 33.0 Å². The fourth-order valence-corrected chi connectivity index (χ4v) is 4.27. The van der Waals surface area contributed by atoms with E-state index in [-0.39, 0.29) is 5.78 Å². The number of halogens is 1. The van der Waals surface area contributed by atoms with E-state index >= 15 is 0 Å². The van der Waals surface area contributed by atoms with Gasteiger partial charge in [-0.25, -0.2) is 15.0 Å². The second-order valence-corrected chi connectivity index (χ2v) is 8.42. The Morgan fingerprint density at radius 2 is 1.94 bits per heavy atom. The zero-order chi connectivity index (χ0) is 23.8. The highest BCUT2D eigenvalue weighted by Crippen LogP contribution is 2.35. The van der Waals surface area contributed by atoms with E-state index in [4.69, 9.17) is 16.3 Å². The number of rotatable bonds is 6. The van der Waals surface area contributed by atoms with E-state index in [0.717, 1.165) is 22.6 Å². The number of aromatic nitrogens is 5. The van der Waals surface area contributed by atoms with E-state index in [0.29, 0.717) is 39.5 Å². The molecule has 0 spiro atoms. The predicted octanol–water partition coefficient (Wildman–Crippen LogP) is 4.95. The lowest BCUT2D eigenvalue weighted by atomic mass is 10.0. The highest BCUT2D eigenvalue weighted by Gasteiger charge is 2.19. The van der Waals surface area contributed by atoms with Crippen LogP contribution in [0.25, 0.3) is 16.6 Å². The average molecular weight is 472 g/mol. The zero-order valence-corrected chi connectivity index (χ0v) is 19.7. The minimum absolute atomic E-state index is 0.117. The van der Waals surface area contributed by atoms with E-state index in [2.05, 4.69) is 15.0 Å². The summed E-state index contributed by atoms with van der Waals surface area (Å²) in [6.45, 7) is 1.86. The van der Waals surface area contributed by atoms with Gasteiger partial charge in [0.1, 0.15) is 11.5 Å². The number of fused-ring (bicyclic) bond motifs is 1. The van der Waals surface area contributed by atoms with Crippen molar-refractivity contribution >= 4 is 28.3 Å². The quantitative estimate of drug-likeness (QED) is 0.328. The molecule has 0 atom stereocenters. The number of hydrogen-bond donors (Lipinski definition) is 0. The van der Waals surface area contributed by atoms with E-state index in [9.17, 15) is 4.79 Å². The Balaban J connectivity index is 1.53. The van der Waals surface area contributed by atoms with E-state index in [1.54, 1.807) is 48.6 Å². The Morgan fingerprint density at radius 3 is 2.59 bits per heavy atom. The molecule has 8 heteroatoms. The number of ether oxygens (including phenoxy) is 1. The number of nitrogens with zero attached hydrogens (tertiary/aromatic N) is 5. The zero-order valence-electron chi connectivity index (χ0n) is 19.0. The van der Waals surface area contributed by atoms with Crippen LogP contribution in [0.5, 0.6) is 5.88 Å². The molecule has 0 amide bonds. The van der Waals surface area contributed by atoms with Crippen molar-refractivity contribution in [3.8, 4) is 11.6 Å². The molecular weight excluding hydrogens is 450 g/mol. The molecule has 0 saturated heterocycles. The summed E-state index contributed by atoms with van der Waals surface area (Å²) in [6.07, 6.45) is 7.53. The highest BCUT2D eigenvalue weighted by atomic mass is 35.5. The summed E-state index contributed by atoms with van der Waals surface area (Å²) in [6, 6.07) is 13.5. The molecule has 34 heavy (non-hydrogen) atoms. The maximum absolute atomic E-state index is 13.1. The summed E-state index contributed by atoms with van der Waals surface area (Å²) < 4.78 is 9.29. The van der Waals surface area contributed by atoms with Crippen molar-refractivity contribution in [1.82, 2.24) is 24.1 Å². The van der Waals surface area contributed by atoms with Crippen LogP contribution in [-0.4, -0.2) is 37.0 Å². The summed E-state index contributed by atoms with van der Waals surface area (Å²) in [4.78, 5) is 26.1. The number of carbonyl (C=O) groups is 1. The Bertz CT molecular complexity index is 1510. The molecular formula is C26H22ClN5O2. The largest absolute Gasteiger partial charge is 0.481 e. The molecule has 170 valence electrons. The van der Waals surface area contributed by atoms with Crippen molar-refractivity contribution in [3.05, 3.63) is 101 Å². The molecule has 7 nitrogen and oxygen atoms in total. The van der Waals surface area contributed by atoms with Crippen molar-refractivity contribution in [2.24, 2.45) is 7.05 Å². The minimum atomic E-state index is -0.117. The average Bonchev–Trinajstić information content (AvgIpc) is 3.51. The van der Waals surface area contributed by atoms with Crippen LogP contribution in [0.3, 0.4) is 0 Å². The highest BCUT2D eigenvalue weighted by molar-refractivity contribution is 6.36. The molecule has 2 aromatic carbocycles. The maximum Gasteiger partial charge on any atom is 0.218 e. The minimum Gasteiger partial charge on any atom is -0.481 e. The van der Waals surface area contributed by atoms with E-state index in [1.165, 1.54) is 0 Å². The molecule has 0 aliphatic rings. The lowest BCUT2D eigenvalue weighted by Crippen LogP contribution is -2.08. The fraction of sp³-hybridized carbons (Fsp3) is 0.154. The van der Waals surface area contributed by atoms with Crippen LogP contribution in [0.4, 0.5) is 0 Å². The molecule has 0 unspecified atom stereocenters. The van der Waals surface area contributed by atoms with Gasteiger partial charge >= 0.3 is 0 Å². The van der Waals surface area contributed by atoms with E-state index < -0.39 is 0 Å². The van der Waals surface area contributed by atoms with Crippen LogP contribution in [-0.2, 0) is 13.5 Å². The van der Waals surface area contributed by atoms with Gasteiger partial charge in [-0.2, -0.15) is 0 Å². The summed E-state index contributed by atoms with van der Waals surface area (Å²) in [5.41, 5.74) is 4.56. The third-order valence-corrected chi connectivity index (χ3v) is 6.44. The first-order chi connectivity index (χ1) is 16.5. The summed E-state index contributed by atoms with van der Waals surface area (Å²) in [5.74, 6) is 1.13. The predicted molar refractivity (Wildman–Crippen MR) is 131 cm³/mol. The summed E-state index contributed by atoms with van der Waals surface area (Å²) in [5, 5.41) is 1.23. The number of imidazole rings is 2.